The molecule has 81 heavy (non-hydrogen) atoms. The van der Waals surface area contributed by atoms with Crippen molar-refractivity contribution in [1.82, 2.24) is 0 Å². The van der Waals surface area contributed by atoms with Crippen LogP contribution in [-0.2, 0) is 29.7 Å². The minimum Gasteiger partial charge on any atom is -0.284 e. The molecule has 0 N–H and O–H groups in total. The smallest absolute Gasteiger partial charge is 0.284 e. The summed E-state index contributed by atoms with van der Waals surface area (Å²) in [6.07, 6.45) is 0. The van der Waals surface area contributed by atoms with Gasteiger partial charge >= 0.3 is 10.6 Å². The molecule has 2 nitrogen and oxygen atoms in total. The molecule has 394 valence electrons. The van der Waals surface area contributed by atoms with E-state index in [1.165, 1.54) is 0 Å². The number of hydrogen-bond donors (Lipinski definition) is 0. The van der Waals surface area contributed by atoms with Crippen LogP contribution in [0.2, 0.25) is 0 Å². The van der Waals surface area contributed by atoms with Crippen molar-refractivity contribution in [3.63, 3.8) is 0 Å². The van der Waals surface area contributed by atoms with Crippen LogP contribution in [0.1, 0.15) is 0 Å². The van der Waals surface area contributed by atoms with E-state index in [1.807, 2.05) is 0 Å². The SMILES string of the molecule is O=C(O[P+](c1ccccc1)(c1ccccc1)c1ccccc1)C([P+](c1ccccc1)(c1ccccc1)c1ccccc1)([P+](c1ccccc1)(c1ccccc1)c1ccccc1)[P+](c1ccccc1)(c1ccccc1)c1ccccc1.[Pd]. The summed E-state index contributed by atoms with van der Waals surface area (Å²) >= 11 is 0. The Hall–Kier alpha value is -7.51. The standard InChI is InChI=1S/C74H60O2P4.Pd/c75-73(76-80(70-55-31-10-32-56-70,71-57-33-11-34-58-71)72-59-35-12-36-60-72)74(77(61-37-13-1-14-38-61,62-39-15-2-16-40-62)63-41-17-3-18-42-63,78(64-43-19-4-20-44-64,65-45-21-5-22-46-65)66-47-23-6-24-48-66)79(67-49-25-7-26-50-67,68-51-27-8-28-52-68)69-53-29-9-30-54-69;/h1-60H;/q+4;. The van der Waals surface area contributed by atoms with Gasteiger partial charge in [0.15, 0.2) is 0 Å². The van der Waals surface area contributed by atoms with E-state index in [9.17, 15) is 0 Å². The molecule has 0 unspecified atom stereocenters. The van der Waals surface area contributed by atoms with E-state index in [0.717, 1.165) is 63.7 Å². The van der Waals surface area contributed by atoms with E-state index in [2.05, 4.69) is 364 Å². The molecule has 0 fully saturated rings. The van der Waals surface area contributed by atoms with Crippen LogP contribution in [0.4, 0.5) is 0 Å². The van der Waals surface area contributed by atoms with Gasteiger partial charge in [-0.25, -0.2) is 4.79 Å². The fraction of sp³-hybridized carbons (Fsp3) is 0.0135. The number of rotatable bonds is 17. The molecule has 0 atom stereocenters. The van der Waals surface area contributed by atoms with Gasteiger partial charge in [0.25, 0.3) is 7.49 Å². The Kier molecular flexibility index (Phi) is 16.9. The zero-order valence-electron chi connectivity index (χ0n) is 44.6. The molecule has 0 heterocycles. The Morgan fingerprint density at radius 1 is 0.210 bits per heavy atom. The van der Waals surface area contributed by atoms with E-state index < -0.39 is 33.9 Å². The second-order valence-corrected chi connectivity index (χ2v) is 34.4. The van der Waals surface area contributed by atoms with Crippen LogP contribution >= 0.6 is 29.3 Å². The van der Waals surface area contributed by atoms with Crippen LogP contribution in [0.3, 0.4) is 0 Å². The minimum atomic E-state index is -3.81. The molecule has 0 spiro atoms. The van der Waals surface area contributed by atoms with Gasteiger partial charge in [-0.15, -0.1) is 0 Å². The van der Waals surface area contributed by atoms with Crippen molar-refractivity contribution >= 4 is 98.9 Å². The van der Waals surface area contributed by atoms with Crippen molar-refractivity contribution < 1.29 is 29.7 Å². The second-order valence-electron chi connectivity index (χ2n) is 19.7. The van der Waals surface area contributed by atoms with Crippen LogP contribution in [0.25, 0.3) is 0 Å². The average molecular weight is 1210 g/mol. The molecule has 0 aliphatic carbocycles. The van der Waals surface area contributed by atoms with Crippen LogP contribution in [0.5, 0.6) is 0 Å². The molecule has 0 radical (unpaired) electrons. The van der Waals surface area contributed by atoms with Gasteiger partial charge in [-0.1, -0.05) is 218 Å². The summed E-state index contributed by atoms with van der Waals surface area (Å²) in [7, 11) is -14.9. The minimum absolute atomic E-state index is 0. The van der Waals surface area contributed by atoms with Crippen molar-refractivity contribution in [3.05, 3.63) is 364 Å². The maximum atomic E-state index is 20.2. The maximum absolute atomic E-state index is 20.2. The van der Waals surface area contributed by atoms with E-state index in [4.69, 9.17) is 4.52 Å². The molecule has 0 saturated heterocycles. The largest absolute Gasteiger partial charge is 0.474 e. The normalized spacial score (nSPS) is 11.9. The van der Waals surface area contributed by atoms with Crippen molar-refractivity contribution in [2.45, 2.75) is 4.64 Å². The Morgan fingerprint density at radius 2 is 0.333 bits per heavy atom. The molecule has 7 heteroatoms. The Bertz CT molecular complexity index is 3210. The number of carbonyl (C=O) groups is 1. The predicted octanol–water partition coefficient (Wildman–Crippen LogP) is 13.1. The van der Waals surface area contributed by atoms with E-state index in [0.29, 0.717) is 0 Å². The summed E-state index contributed by atoms with van der Waals surface area (Å²) in [4.78, 5) is 20.2. The monoisotopic (exact) mass is 1210 g/mol. The number of hydrogen-bond acceptors (Lipinski definition) is 2. The third-order valence-corrected chi connectivity index (χ3v) is 37.5. The first-order valence-electron chi connectivity index (χ1n) is 27.1. The van der Waals surface area contributed by atoms with E-state index in [-0.39, 0.29) is 26.4 Å². The third kappa shape index (κ3) is 9.14. The molecule has 12 aromatic carbocycles. The first kappa shape index (κ1) is 55.4. The van der Waals surface area contributed by atoms with Gasteiger partial charge in [-0.3, -0.25) is 4.52 Å². The van der Waals surface area contributed by atoms with Crippen LogP contribution in [0, 0.1) is 0 Å². The zero-order chi connectivity index (χ0) is 54.1. The molecule has 0 aliphatic heterocycles. The summed E-state index contributed by atoms with van der Waals surface area (Å²) in [6, 6.07) is 132. The summed E-state index contributed by atoms with van der Waals surface area (Å²) in [5, 5.41) is 12.4. The van der Waals surface area contributed by atoms with Gasteiger partial charge in [0.2, 0.25) is 21.8 Å². The van der Waals surface area contributed by atoms with Crippen molar-refractivity contribution in [3.8, 4) is 0 Å². The van der Waals surface area contributed by atoms with Gasteiger partial charge in [0.1, 0.15) is 63.7 Å². The summed E-state index contributed by atoms with van der Waals surface area (Å²) in [5.74, 6) is -0.262. The molecule has 12 rings (SSSR count). The van der Waals surface area contributed by atoms with Gasteiger partial charge in [-0.05, 0) is 146 Å². The third-order valence-electron chi connectivity index (χ3n) is 15.5. The van der Waals surface area contributed by atoms with E-state index in [1.54, 1.807) is 0 Å². The molecule has 0 aromatic heterocycles. The van der Waals surface area contributed by atoms with Crippen LogP contribution in [0.15, 0.2) is 364 Å². The van der Waals surface area contributed by atoms with Crippen molar-refractivity contribution in [2.75, 3.05) is 0 Å². The quantitative estimate of drug-likeness (QED) is 0.0671. The van der Waals surface area contributed by atoms with Gasteiger partial charge in [-0.2, -0.15) is 0 Å². The first-order valence-corrected chi connectivity index (χ1v) is 34.2. The predicted molar refractivity (Wildman–Crippen MR) is 349 cm³/mol. The second kappa shape index (κ2) is 24.7. The zero-order valence-corrected chi connectivity index (χ0v) is 49.7. The van der Waals surface area contributed by atoms with E-state index >= 15 is 4.79 Å². The molecule has 0 saturated carbocycles. The summed E-state index contributed by atoms with van der Waals surface area (Å²) in [6.45, 7) is 0. The summed E-state index contributed by atoms with van der Waals surface area (Å²) in [5.41, 5.74) is 0. The Labute approximate surface area is 493 Å². The molecular weight excluding hydrogens is 1150 g/mol. The fourth-order valence-corrected chi connectivity index (χ4v) is 40.3. The molecule has 0 aliphatic rings. The Balaban J connectivity index is 0.00000690. The summed E-state index contributed by atoms with van der Waals surface area (Å²) < 4.78 is 7.16. The maximum Gasteiger partial charge on any atom is 0.474 e. The van der Waals surface area contributed by atoms with Crippen molar-refractivity contribution in [1.29, 1.82) is 0 Å². The fourth-order valence-electron chi connectivity index (χ4n) is 12.6. The van der Waals surface area contributed by atoms with Crippen molar-refractivity contribution in [2.24, 2.45) is 0 Å². The van der Waals surface area contributed by atoms with Crippen LogP contribution in [-0.4, -0.2) is 10.6 Å². The number of benzene rings is 12. The van der Waals surface area contributed by atoms with Gasteiger partial charge < -0.3 is 0 Å². The molecule has 0 bridgehead atoms. The topological polar surface area (TPSA) is 26.3 Å². The van der Waals surface area contributed by atoms with Crippen LogP contribution < -0.4 is 63.7 Å². The molecule has 0 amide bonds. The first-order chi connectivity index (χ1) is 39.6. The van der Waals surface area contributed by atoms with Gasteiger partial charge in [0, 0.05) is 20.4 Å². The Morgan fingerprint density at radius 3 is 0.469 bits per heavy atom. The average Bonchev–Trinajstić information content (AvgIpc) is 3.41. The molecule has 12 aromatic rings. The van der Waals surface area contributed by atoms with Gasteiger partial charge in [0.05, 0.1) is 0 Å². The molecular formula is C74H60O2P4Pd+4. The number of carbonyl (C=O) groups excluding carboxylic acids is 1.